The molecule has 1 N–H and O–H groups in total. The molecule has 1 aliphatic heterocycles. The summed E-state index contributed by atoms with van der Waals surface area (Å²) in [6.45, 7) is 3.08. The number of halogens is 1. The first-order valence-corrected chi connectivity index (χ1v) is 9.14. The lowest BCUT2D eigenvalue weighted by Gasteiger charge is -2.32. The van der Waals surface area contributed by atoms with E-state index in [9.17, 15) is 14.0 Å². The molecule has 7 heteroatoms. The fraction of sp³-hybridized carbons (Fsp3) is 0.400. The topological polar surface area (TPSA) is 75.2 Å². The fourth-order valence-electron chi connectivity index (χ4n) is 3.37. The van der Waals surface area contributed by atoms with Crippen LogP contribution in [0, 0.1) is 18.7 Å². The average molecular weight is 370 g/mol. The van der Waals surface area contributed by atoms with Gasteiger partial charge in [-0.1, -0.05) is 0 Å². The van der Waals surface area contributed by atoms with E-state index >= 15 is 0 Å². The van der Waals surface area contributed by atoms with Gasteiger partial charge >= 0.3 is 0 Å². The van der Waals surface area contributed by atoms with Gasteiger partial charge in [-0.25, -0.2) is 9.37 Å². The Bertz CT molecular complexity index is 813. The van der Waals surface area contributed by atoms with Gasteiger partial charge in [-0.15, -0.1) is 0 Å². The number of rotatable bonds is 5. The van der Waals surface area contributed by atoms with Crippen LogP contribution in [0.1, 0.15) is 41.7 Å². The number of aryl methyl sites for hydroxylation is 1. The van der Waals surface area contributed by atoms with Crippen LogP contribution in [0.15, 0.2) is 36.8 Å². The number of hydrogen-bond acceptors (Lipinski definition) is 4. The molecule has 1 aromatic carbocycles. The van der Waals surface area contributed by atoms with E-state index in [1.165, 1.54) is 30.7 Å². The van der Waals surface area contributed by atoms with Crippen molar-refractivity contribution < 1.29 is 14.0 Å². The van der Waals surface area contributed by atoms with E-state index in [4.69, 9.17) is 0 Å². The third-order valence-electron chi connectivity index (χ3n) is 4.83. The number of carbonyl (C=O) groups excluding carboxylic acids is 2. The highest BCUT2D eigenvalue weighted by Crippen LogP contribution is 2.23. The van der Waals surface area contributed by atoms with Crippen LogP contribution in [0.2, 0.25) is 0 Å². The normalized spacial score (nSPS) is 16.8. The predicted molar refractivity (Wildman–Crippen MR) is 99.7 cm³/mol. The summed E-state index contributed by atoms with van der Waals surface area (Å²) in [5.74, 6) is -0.249. The molecular weight excluding hydrogens is 347 g/mol. The van der Waals surface area contributed by atoms with Gasteiger partial charge in [-0.2, -0.15) is 0 Å². The van der Waals surface area contributed by atoms with Crippen LogP contribution in [0.3, 0.4) is 0 Å². The number of benzene rings is 1. The molecule has 0 bridgehead atoms. The molecule has 27 heavy (non-hydrogen) atoms. The van der Waals surface area contributed by atoms with E-state index in [1.54, 1.807) is 17.9 Å². The highest BCUT2D eigenvalue weighted by molar-refractivity contribution is 5.92. The first-order chi connectivity index (χ1) is 13.0. The minimum atomic E-state index is -0.319. The third kappa shape index (κ3) is 5.09. The third-order valence-corrected chi connectivity index (χ3v) is 4.83. The average Bonchev–Trinajstić information content (AvgIpc) is 2.69. The summed E-state index contributed by atoms with van der Waals surface area (Å²) in [7, 11) is 0. The highest BCUT2D eigenvalue weighted by Gasteiger charge is 2.25. The standard InChI is InChI=1S/C20H23FN4O2/c1-14-11-16(21)5-6-17(14)24-19(26)7-4-15-3-2-10-25(13-15)20(27)18-12-22-8-9-23-18/h5-6,8-9,11-12,15H,2-4,7,10,13H2,1H3,(H,24,26)/t15-/m0/s1. The first-order valence-electron chi connectivity index (χ1n) is 9.14. The molecular formula is C20H23FN4O2. The van der Waals surface area contributed by atoms with Crippen LogP contribution in [-0.2, 0) is 4.79 Å². The van der Waals surface area contributed by atoms with Crippen molar-refractivity contribution >= 4 is 17.5 Å². The van der Waals surface area contributed by atoms with Gasteiger partial charge in [0.15, 0.2) is 0 Å². The van der Waals surface area contributed by atoms with E-state index < -0.39 is 0 Å². The van der Waals surface area contributed by atoms with Crippen LogP contribution >= 0.6 is 0 Å². The van der Waals surface area contributed by atoms with Gasteiger partial charge in [0.2, 0.25) is 5.91 Å². The Morgan fingerprint density at radius 3 is 2.93 bits per heavy atom. The molecule has 0 radical (unpaired) electrons. The van der Waals surface area contributed by atoms with Crippen LogP contribution < -0.4 is 5.32 Å². The minimum Gasteiger partial charge on any atom is -0.337 e. The summed E-state index contributed by atoms with van der Waals surface area (Å²) >= 11 is 0. The summed E-state index contributed by atoms with van der Waals surface area (Å²) in [4.78, 5) is 34.5. The second-order valence-corrected chi connectivity index (χ2v) is 6.90. The Balaban J connectivity index is 1.50. The summed E-state index contributed by atoms with van der Waals surface area (Å²) in [5.41, 5.74) is 1.67. The maximum atomic E-state index is 13.1. The van der Waals surface area contributed by atoms with E-state index in [0.717, 1.165) is 12.8 Å². The summed E-state index contributed by atoms with van der Waals surface area (Å²) in [5, 5.41) is 2.83. The maximum absolute atomic E-state index is 13.1. The van der Waals surface area contributed by atoms with Crippen LogP contribution in [0.4, 0.5) is 10.1 Å². The molecule has 2 aromatic rings. The van der Waals surface area contributed by atoms with Crippen molar-refractivity contribution in [3.8, 4) is 0 Å². The molecule has 0 aliphatic carbocycles. The molecule has 1 aliphatic rings. The van der Waals surface area contributed by atoms with Gasteiger partial charge < -0.3 is 10.2 Å². The number of hydrogen-bond donors (Lipinski definition) is 1. The second kappa shape index (κ2) is 8.70. The molecule has 1 saturated heterocycles. The predicted octanol–water partition coefficient (Wildman–Crippen LogP) is 3.20. The molecule has 1 fully saturated rings. The molecule has 3 rings (SSSR count). The SMILES string of the molecule is Cc1cc(F)ccc1NC(=O)CC[C@@H]1CCCN(C(=O)c2cnccn2)C1. The summed E-state index contributed by atoms with van der Waals surface area (Å²) < 4.78 is 13.1. The zero-order chi connectivity index (χ0) is 19.2. The Hall–Kier alpha value is -2.83. The molecule has 1 aromatic heterocycles. The van der Waals surface area contributed by atoms with E-state index in [2.05, 4.69) is 15.3 Å². The van der Waals surface area contributed by atoms with Crippen molar-refractivity contribution in [1.29, 1.82) is 0 Å². The van der Waals surface area contributed by atoms with Crippen LogP contribution in [-0.4, -0.2) is 39.8 Å². The minimum absolute atomic E-state index is 0.0953. The molecule has 6 nitrogen and oxygen atoms in total. The molecule has 2 heterocycles. The van der Waals surface area contributed by atoms with Crippen LogP contribution in [0.25, 0.3) is 0 Å². The van der Waals surface area contributed by atoms with Crippen LogP contribution in [0.5, 0.6) is 0 Å². The number of nitrogens with one attached hydrogen (secondary N) is 1. The van der Waals surface area contributed by atoms with Gasteiger partial charge in [-0.05, 0) is 55.9 Å². The first kappa shape index (κ1) is 18.9. The van der Waals surface area contributed by atoms with Crippen molar-refractivity contribution in [3.05, 3.63) is 53.9 Å². The van der Waals surface area contributed by atoms with Crippen molar-refractivity contribution in [2.24, 2.45) is 5.92 Å². The lowest BCUT2D eigenvalue weighted by atomic mass is 9.93. The molecule has 0 unspecified atom stereocenters. The number of carbonyl (C=O) groups is 2. The monoisotopic (exact) mass is 370 g/mol. The number of amides is 2. The summed E-state index contributed by atoms with van der Waals surface area (Å²) in [6.07, 6.45) is 7.51. The van der Waals surface area contributed by atoms with Crippen molar-refractivity contribution in [2.45, 2.75) is 32.6 Å². The second-order valence-electron chi connectivity index (χ2n) is 6.90. The number of piperidine rings is 1. The largest absolute Gasteiger partial charge is 0.337 e. The molecule has 0 spiro atoms. The highest BCUT2D eigenvalue weighted by atomic mass is 19.1. The Morgan fingerprint density at radius 2 is 2.19 bits per heavy atom. The maximum Gasteiger partial charge on any atom is 0.274 e. The number of anilines is 1. The van der Waals surface area contributed by atoms with Gasteiger partial charge in [0.05, 0.1) is 6.20 Å². The number of likely N-dealkylation sites (tertiary alicyclic amines) is 1. The Labute approximate surface area is 157 Å². The van der Waals surface area contributed by atoms with Crippen molar-refractivity contribution in [3.63, 3.8) is 0 Å². The molecule has 1 atom stereocenters. The number of nitrogens with zero attached hydrogens (tertiary/aromatic N) is 3. The Morgan fingerprint density at radius 1 is 1.33 bits per heavy atom. The van der Waals surface area contributed by atoms with Gasteiger partial charge in [0.25, 0.3) is 5.91 Å². The zero-order valence-electron chi connectivity index (χ0n) is 15.3. The lowest BCUT2D eigenvalue weighted by molar-refractivity contribution is -0.116. The fourth-order valence-corrected chi connectivity index (χ4v) is 3.37. The molecule has 0 saturated carbocycles. The van der Waals surface area contributed by atoms with Gasteiger partial charge in [-0.3, -0.25) is 14.6 Å². The smallest absolute Gasteiger partial charge is 0.274 e. The van der Waals surface area contributed by atoms with Gasteiger partial charge in [0.1, 0.15) is 11.5 Å². The van der Waals surface area contributed by atoms with Gasteiger partial charge in [0, 0.05) is 37.6 Å². The van der Waals surface area contributed by atoms with E-state index in [1.807, 2.05) is 0 Å². The van der Waals surface area contributed by atoms with E-state index in [-0.39, 0.29) is 23.5 Å². The Kier molecular flexibility index (Phi) is 6.11. The van der Waals surface area contributed by atoms with Crippen molar-refractivity contribution in [2.75, 3.05) is 18.4 Å². The molecule has 2 amide bonds. The lowest BCUT2D eigenvalue weighted by Crippen LogP contribution is -2.40. The zero-order valence-corrected chi connectivity index (χ0v) is 15.3. The van der Waals surface area contributed by atoms with E-state index in [0.29, 0.717) is 42.9 Å². The summed E-state index contributed by atoms with van der Waals surface area (Å²) in [6, 6.07) is 4.30. The molecule has 142 valence electrons. The quantitative estimate of drug-likeness (QED) is 0.877. The van der Waals surface area contributed by atoms with Crippen molar-refractivity contribution in [1.82, 2.24) is 14.9 Å². The number of aromatic nitrogens is 2.